The first-order valence-electron chi connectivity index (χ1n) is 7.55. The molecule has 1 heterocycles. The van der Waals surface area contributed by atoms with Crippen LogP contribution >= 0.6 is 0 Å². The summed E-state index contributed by atoms with van der Waals surface area (Å²) < 4.78 is 1.59. The fraction of sp³-hybridized carbons (Fsp3) is 0.786. The molecule has 0 aliphatic rings. The fourth-order valence-electron chi connectivity index (χ4n) is 2.16. The molecule has 2 N–H and O–H groups in total. The van der Waals surface area contributed by atoms with Gasteiger partial charge in [0.1, 0.15) is 6.54 Å². The number of nitrogens with zero attached hydrogens (tertiary/aromatic N) is 4. The average molecular weight is 281 g/mol. The van der Waals surface area contributed by atoms with Gasteiger partial charge in [0, 0.05) is 13.1 Å². The number of carbonyl (C=O) groups is 1. The van der Waals surface area contributed by atoms with E-state index in [1.807, 2.05) is 4.90 Å². The Morgan fingerprint density at radius 3 is 2.50 bits per heavy atom. The molecule has 1 rings (SSSR count). The van der Waals surface area contributed by atoms with Gasteiger partial charge in [-0.15, -0.1) is 5.10 Å². The Morgan fingerprint density at radius 1 is 1.30 bits per heavy atom. The molecule has 6 heteroatoms. The van der Waals surface area contributed by atoms with E-state index in [1.54, 1.807) is 10.9 Å². The largest absolute Gasteiger partial charge is 0.341 e. The quantitative estimate of drug-likeness (QED) is 0.747. The highest BCUT2D eigenvalue weighted by atomic mass is 16.2. The van der Waals surface area contributed by atoms with Gasteiger partial charge in [0.25, 0.3) is 0 Å². The SMILES string of the molecule is CCCC(N)c1cn(CC(=O)N(CCC)CCC)nn1. The van der Waals surface area contributed by atoms with Gasteiger partial charge in [-0.1, -0.05) is 32.4 Å². The Balaban J connectivity index is 2.60. The van der Waals surface area contributed by atoms with Gasteiger partial charge in [-0.2, -0.15) is 0 Å². The summed E-state index contributed by atoms with van der Waals surface area (Å²) in [6, 6.07) is -0.0914. The van der Waals surface area contributed by atoms with Crippen molar-refractivity contribution >= 4 is 5.91 Å². The van der Waals surface area contributed by atoms with Crippen molar-refractivity contribution in [2.45, 2.75) is 59.0 Å². The third kappa shape index (κ3) is 4.92. The van der Waals surface area contributed by atoms with Crippen LogP contribution in [-0.2, 0) is 11.3 Å². The summed E-state index contributed by atoms with van der Waals surface area (Å²) in [7, 11) is 0. The van der Waals surface area contributed by atoms with Crippen LogP contribution in [-0.4, -0.2) is 38.9 Å². The number of nitrogens with two attached hydrogens (primary N) is 1. The van der Waals surface area contributed by atoms with E-state index in [0.29, 0.717) is 0 Å². The predicted octanol–water partition coefficient (Wildman–Crippen LogP) is 1.73. The molecule has 0 bridgehead atoms. The van der Waals surface area contributed by atoms with Crippen molar-refractivity contribution in [3.05, 3.63) is 11.9 Å². The number of carbonyl (C=O) groups excluding carboxylic acids is 1. The molecule has 0 aliphatic carbocycles. The molecule has 1 aromatic heterocycles. The van der Waals surface area contributed by atoms with Gasteiger partial charge >= 0.3 is 0 Å². The van der Waals surface area contributed by atoms with Gasteiger partial charge in [-0.25, -0.2) is 4.68 Å². The molecule has 0 aromatic carbocycles. The van der Waals surface area contributed by atoms with E-state index in [1.165, 1.54) is 0 Å². The van der Waals surface area contributed by atoms with Crippen molar-refractivity contribution in [2.24, 2.45) is 5.73 Å². The van der Waals surface area contributed by atoms with Crippen molar-refractivity contribution in [3.63, 3.8) is 0 Å². The Hall–Kier alpha value is -1.43. The molecule has 1 atom stereocenters. The molecule has 0 fully saturated rings. The van der Waals surface area contributed by atoms with Crippen LogP contribution in [0.5, 0.6) is 0 Å². The number of amides is 1. The average Bonchev–Trinajstić information content (AvgIpc) is 2.87. The zero-order valence-corrected chi connectivity index (χ0v) is 12.9. The Bertz CT molecular complexity index is 398. The fourth-order valence-corrected chi connectivity index (χ4v) is 2.16. The van der Waals surface area contributed by atoms with Gasteiger partial charge in [0.05, 0.1) is 17.9 Å². The van der Waals surface area contributed by atoms with E-state index < -0.39 is 0 Å². The van der Waals surface area contributed by atoms with Crippen molar-refractivity contribution < 1.29 is 4.79 Å². The smallest absolute Gasteiger partial charge is 0.244 e. The molecule has 0 radical (unpaired) electrons. The van der Waals surface area contributed by atoms with Crippen LogP contribution in [0, 0.1) is 0 Å². The Kier molecular flexibility index (Phi) is 7.22. The lowest BCUT2D eigenvalue weighted by atomic mass is 10.1. The first kappa shape index (κ1) is 16.6. The summed E-state index contributed by atoms with van der Waals surface area (Å²) in [6.45, 7) is 8.07. The standard InChI is InChI=1S/C14H27N5O/c1-4-7-12(15)13-10-19(17-16-13)11-14(20)18(8-5-2)9-6-3/h10,12H,4-9,11,15H2,1-3H3. The van der Waals surface area contributed by atoms with Crippen LogP contribution in [0.1, 0.15) is 58.2 Å². The predicted molar refractivity (Wildman–Crippen MR) is 79.0 cm³/mol. The van der Waals surface area contributed by atoms with Gasteiger partial charge in [0.2, 0.25) is 5.91 Å². The van der Waals surface area contributed by atoms with Crippen molar-refractivity contribution in [3.8, 4) is 0 Å². The van der Waals surface area contributed by atoms with Gasteiger partial charge in [-0.05, 0) is 19.3 Å². The molecule has 1 amide bonds. The summed E-state index contributed by atoms with van der Waals surface area (Å²) in [5.41, 5.74) is 6.75. The van der Waals surface area contributed by atoms with Crippen LogP contribution < -0.4 is 5.73 Å². The minimum atomic E-state index is -0.0914. The van der Waals surface area contributed by atoms with Crippen molar-refractivity contribution in [1.82, 2.24) is 19.9 Å². The summed E-state index contributed by atoms with van der Waals surface area (Å²) in [5, 5.41) is 8.06. The lowest BCUT2D eigenvalue weighted by Gasteiger charge is -2.21. The van der Waals surface area contributed by atoms with E-state index in [-0.39, 0.29) is 18.5 Å². The van der Waals surface area contributed by atoms with Crippen molar-refractivity contribution in [2.75, 3.05) is 13.1 Å². The van der Waals surface area contributed by atoms with E-state index in [2.05, 4.69) is 31.1 Å². The maximum absolute atomic E-state index is 12.2. The van der Waals surface area contributed by atoms with Crippen LogP contribution in [0.15, 0.2) is 6.20 Å². The second-order valence-corrected chi connectivity index (χ2v) is 5.12. The summed E-state index contributed by atoms with van der Waals surface area (Å²) in [6.07, 6.45) is 5.61. The molecule has 20 heavy (non-hydrogen) atoms. The van der Waals surface area contributed by atoms with Gasteiger partial charge in [-0.3, -0.25) is 4.79 Å². The highest BCUT2D eigenvalue weighted by Gasteiger charge is 2.15. The zero-order valence-electron chi connectivity index (χ0n) is 12.9. The second-order valence-electron chi connectivity index (χ2n) is 5.12. The normalized spacial score (nSPS) is 12.4. The third-order valence-corrected chi connectivity index (χ3v) is 3.17. The second kappa shape index (κ2) is 8.68. The van der Waals surface area contributed by atoms with E-state index in [4.69, 9.17) is 5.73 Å². The maximum Gasteiger partial charge on any atom is 0.244 e. The zero-order chi connectivity index (χ0) is 15.0. The highest BCUT2D eigenvalue weighted by molar-refractivity contribution is 5.75. The summed E-state index contributed by atoms with van der Waals surface area (Å²) >= 11 is 0. The minimum Gasteiger partial charge on any atom is -0.341 e. The van der Waals surface area contributed by atoms with Crippen LogP contribution in [0.2, 0.25) is 0 Å². The van der Waals surface area contributed by atoms with Gasteiger partial charge in [0.15, 0.2) is 0 Å². The first-order chi connectivity index (χ1) is 9.62. The van der Waals surface area contributed by atoms with Gasteiger partial charge < -0.3 is 10.6 Å². The molecule has 0 saturated carbocycles. The molecule has 6 nitrogen and oxygen atoms in total. The van der Waals surface area contributed by atoms with Crippen molar-refractivity contribution in [1.29, 1.82) is 0 Å². The minimum absolute atomic E-state index is 0.0914. The molecule has 114 valence electrons. The molecule has 0 saturated heterocycles. The Morgan fingerprint density at radius 2 is 1.95 bits per heavy atom. The molecule has 0 spiro atoms. The topological polar surface area (TPSA) is 77.0 Å². The number of aromatic nitrogens is 3. The summed E-state index contributed by atoms with van der Waals surface area (Å²) in [5.74, 6) is 0.0919. The molecule has 0 aliphatic heterocycles. The van der Waals surface area contributed by atoms with E-state index >= 15 is 0 Å². The number of hydrogen-bond acceptors (Lipinski definition) is 4. The molecule has 1 aromatic rings. The first-order valence-corrected chi connectivity index (χ1v) is 7.55. The molecular weight excluding hydrogens is 254 g/mol. The summed E-state index contributed by atoms with van der Waals surface area (Å²) in [4.78, 5) is 14.1. The lowest BCUT2D eigenvalue weighted by molar-refractivity contribution is -0.132. The molecular formula is C14H27N5O. The van der Waals surface area contributed by atoms with Crippen LogP contribution in [0.25, 0.3) is 0 Å². The maximum atomic E-state index is 12.2. The lowest BCUT2D eigenvalue weighted by Crippen LogP contribution is -2.35. The third-order valence-electron chi connectivity index (χ3n) is 3.17. The van der Waals surface area contributed by atoms with Crippen LogP contribution in [0.4, 0.5) is 0 Å². The van der Waals surface area contributed by atoms with E-state index in [9.17, 15) is 4.79 Å². The molecule has 1 unspecified atom stereocenters. The van der Waals surface area contributed by atoms with Crippen LogP contribution in [0.3, 0.4) is 0 Å². The Labute approximate surface area is 121 Å². The monoisotopic (exact) mass is 281 g/mol. The number of hydrogen-bond donors (Lipinski definition) is 1. The van der Waals surface area contributed by atoms with E-state index in [0.717, 1.165) is 44.5 Å². The highest BCUT2D eigenvalue weighted by Crippen LogP contribution is 2.12. The number of rotatable bonds is 9.